The molecule has 0 aliphatic carbocycles. The topological polar surface area (TPSA) is 9.23 Å². The molecule has 4 heteroatoms. The van der Waals surface area contributed by atoms with E-state index < -0.39 is 6.13 Å². The smallest absolute Gasteiger partial charge is 0.265 e. The third kappa shape index (κ3) is 2.06. The lowest BCUT2D eigenvalue weighted by atomic mass is 10.1. The van der Waals surface area contributed by atoms with E-state index in [4.69, 9.17) is 16.3 Å². The molecule has 0 aliphatic rings. The molecular formula is C10H8OPS2+. The van der Waals surface area contributed by atoms with Gasteiger partial charge in [0.25, 0.3) is 0 Å². The van der Waals surface area contributed by atoms with E-state index in [1.165, 1.54) is 0 Å². The summed E-state index contributed by atoms with van der Waals surface area (Å²) in [5.41, 5.74) is 0. The highest BCUT2D eigenvalue weighted by Crippen LogP contribution is 2.35. The molecule has 1 unspecified atom stereocenters. The molecule has 2 aromatic rings. The summed E-state index contributed by atoms with van der Waals surface area (Å²) in [5, 5.41) is 2.24. The summed E-state index contributed by atoms with van der Waals surface area (Å²) in [4.78, 5) is 0. The Morgan fingerprint density at radius 2 is 1.79 bits per heavy atom. The van der Waals surface area contributed by atoms with Gasteiger partial charge in [0.2, 0.25) is 11.8 Å². The average molecular weight is 239 g/mol. The number of benzene rings is 2. The molecule has 0 fully saturated rings. The van der Waals surface area contributed by atoms with Gasteiger partial charge < -0.3 is 0 Å². The SMILES string of the molecule is S=[P+](S)Oc1cccc2ccccc12. The number of fused-ring (bicyclic) bond motifs is 1. The first-order valence-corrected chi connectivity index (χ1v) is 7.52. The van der Waals surface area contributed by atoms with Crippen LogP contribution < -0.4 is 4.52 Å². The molecule has 1 atom stereocenters. The van der Waals surface area contributed by atoms with E-state index in [0.29, 0.717) is 0 Å². The lowest BCUT2D eigenvalue weighted by molar-refractivity contribution is 0.649. The molecule has 0 bridgehead atoms. The zero-order chi connectivity index (χ0) is 9.97. The Kier molecular flexibility index (Phi) is 3.02. The van der Waals surface area contributed by atoms with E-state index in [0.717, 1.165) is 16.5 Å². The summed E-state index contributed by atoms with van der Waals surface area (Å²) < 4.78 is 5.47. The lowest BCUT2D eigenvalue weighted by Crippen LogP contribution is -1.79. The van der Waals surface area contributed by atoms with E-state index in [-0.39, 0.29) is 0 Å². The molecule has 0 spiro atoms. The zero-order valence-electron chi connectivity index (χ0n) is 7.25. The predicted octanol–water partition coefficient (Wildman–Crippen LogP) is 3.92. The van der Waals surface area contributed by atoms with Crippen LogP contribution in [0.2, 0.25) is 0 Å². The van der Waals surface area contributed by atoms with Gasteiger partial charge in [0.05, 0.1) is 0 Å². The van der Waals surface area contributed by atoms with Gasteiger partial charge >= 0.3 is 6.13 Å². The van der Waals surface area contributed by atoms with Crippen molar-refractivity contribution in [2.45, 2.75) is 0 Å². The summed E-state index contributed by atoms with van der Waals surface area (Å²) in [6.45, 7) is 0. The fourth-order valence-electron chi connectivity index (χ4n) is 1.36. The molecule has 0 N–H and O–H groups in total. The predicted molar refractivity (Wildman–Crippen MR) is 67.8 cm³/mol. The lowest BCUT2D eigenvalue weighted by Gasteiger charge is -1.99. The van der Waals surface area contributed by atoms with Gasteiger partial charge in [0.15, 0.2) is 5.75 Å². The Balaban J connectivity index is 2.59. The average Bonchev–Trinajstić information content (AvgIpc) is 2.18. The number of rotatable bonds is 2. The van der Waals surface area contributed by atoms with Gasteiger partial charge in [-0.15, -0.1) is 0 Å². The fraction of sp³-hybridized carbons (Fsp3) is 0. The maximum absolute atomic E-state index is 5.47. The van der Waals surface area contributed by atoms with E-state index in [9.17, 15) is 0 Å². The van der Waals surface area contributed by atoms with Crippen LogP contribution in [-0.4, -0.2) is 0 Å². The molecule has 0 saturated carbocycles. The molecule has 2 aromatic carbocycles. The van der Waals surface area contributed by atoms with Gasteiger partial charge in [0.1, 0.15) is 12.2 Å². The molecule has 70 valence electrons. The quantitative estimate of drug-likeness (QED) is 0.628. The van der Waals surface area contributed by atoms with Crippen molar-refractivity contribution in [3.63, 3.8) is 0 Å². The van der Waals surface area contributed by atoms with Crippen LogP contribution >= 0.6 is 18.4 Å². The van der Waals surface area contributed by atoms with Crippen LogP contribution in [0, 0.1) is 0 Å². The Bertz CT molecular complexity index is 479. The normalized spacial score (nSPS) is 11.4. The van der Waals surface area contributed by atoms with Crippen molar-refractivity contribution in [3.8, 4) is 5.75 Å². The molecule has 0 radical (unpaired) electrons. The van der Waals surface area contributed by atoms with Crippen molar-refractivity contribution in [1.82, 2.24) is 0 Å². The first-order valence-electron chi connectivity index (χ1n) is 4.09. The first-order chi connectivity index (χ1) is 6.77. The largest absolute Gasteiger partial charge is 0.459 e. The number of hydrogen-bond acceptors (Lipinski definition) is 2. The molecule has 0 aromatic heterocycles. The molecular weight excluding hydrogens is 231 g/mol. The van der Waals surface area contributed by atoms with Gasteiger partial charge in [-0.25, -0.2) is 0 Å². The van der Waals surface area contributed by atoms with E-state index in [1.54, 1.807) is 0 Å². The fourth-order valence-corrected chi connectivity index (χ4v) is 2.19. The summed E-state index contributed by atoms with van der Waals surface area (Å²) in [5.74, 6) is 0.819. The minimum atomic E-state index is -1.07. The maximum Gasteiger partial charge on any atom is 0.459 e. The molecule has 0 aliphatic heterocycles. The van der Waals surface area contributed by atoms with Crippen molar-refractivity contribution < 1.29 is 4.52 Å². The summed E-state index contributed by atoms with van der Waals surface area (Å²) in [6, 6.07) is 14.0. The molecule has 2 rings (SSSR count). The monoisotopic (exact) mass is 239 g/mol. The van der Waals surface area contributed by atoms with Crippen molar-refractivity contribution in [2.24, 2.45) is 0 Å². The summed E-state index contributed by atoms with van der Waals surface area (Å²) >= 11 is 9.02. The van der Waals surface area contributed by atoms with Crippen LogP contribution in [0.3, 0.4) is 0 Å². The summed E-state index contributed by atoms with van der Waals surface area (Å²) in [7, 11) is 0. The number of thiol groups is 1. The molecule has 14 heavy (non-hydrogen) atoms. The van der Waals surface area contributed by atoms with Crippen molar-refractivity contribution in [1.29, 1.82) is 0 Å². The molecule has 0 amide bonds. The Morgan fingerprint density at radius 3 is 2.57 bits per heavy atom. The highest BCUT2D eigenvalue weighted by Gasteiger charge is 2.09. The van der Waals surface area contributed by atoms with Crippen LogP contribution in [0.5, 0.6) is 5.75 Å². The Morgan fingerprint density at radius 1 is 1.07 bits per heavy atom. The van der Waals surface area contributed by atoms with Gasteiger partial charge in [-0.2, -0.15) is 0 Å². The standard InChI is InChI=1S/C10H7OPS2/c13-12(14)11-10-7-3-5-8-4-1-2-6-9(8)10/h1-7H/p+1. The van der Waals surface area contributed by atoms with Crippen LogP contribution in [0.15, 0.2) is 42.5 Å². The van der Waals surface area contributed by atoms with Gasteiger partial charge in [-0.3, -0.25) is 4.52 Å². The van der Waals surface area contributed by atoms with Crippen LogP contribution in [0.25, 0.3) is 10.8 Å². The zero-order valence-corrected chi connectivity index (χ0v) is 9.86. The van der Waals surface area contributed by atoms with Crippen LogP contribution in [0.1, 0.15) is 0 Å². The third-order valence-electron chi connectivity index (χ3n) is 1.93. The van der Waals surface area contributed by atoms with Gasteiger partial charge in [0, 0.05) is 5.39 Å². The molecule has 0 saturated heterocycles. The van der Waals surface area contributed by atoms with E-state index >= 15 is 0 Å². The minimum absolute atomic E-state index is 0.819. The second-order valence-corrected chi connectivity index (χ2v) is 6.36. The van der Waals surface area contributed by atoms with Crippen molar-refractivity contribution >= 4 is 41.0 Å². The maximum atomic E-state index is 5.47. The summed E-state index contributed by atoms with van der Waals surface area (Å²) in [6.07, 6.45) is -1.07. The Labute approximate surface area is 93.8 Å². The third-order valence-corrected chi connectivity index (χ3v) is 2.75. The minimum Gasteiger partial charge on any atom is -0.265 e. The van der Waals surface area contributed by atoms with Crippen molar-refractivity contribution in [3.05, 3.63) is 42.5 Å². The highest BCUT2D eigenvalue weighted by atomic mass is 32.9. The Hall–Kier alpha value is -0.630. The van der Waals surface area contributed by atoms with Crippen LogP contribution in [-0.2, 0) is 11.8 Å². The molecule has 1 nitrogen and oxygen atoms in total. The van der Waals surface area contributed by atoms with E-state index in [2.05, 4.69) is 12.2 Å². The second kappa shape index (κ2) is 4.26. The number of hydrogen-bond donors (Lipinski definition) is 1. The highest BCUT2D eigenvalue weighted by molar-refractivity contribution is 8.54. The molecule has 0 heterocycles. The second-order valence-electron chi connectivity index (χ2n) is 2.81. The van der Waals surface area contributed by atoms with E-state index in [1.807, 2.05) is 42.5 Å². The first kappa shape index (κ1) is 9.91. The van der Waals surface area contributed by atoms with Crippen LogP contribution in [0.4, 0.5) is 0 Å². The van der Waals surface area contributed by atoms with Crippen molar-refractivity contribution in [2.75, 3.05) is 0 Å². The van der Waals surface area contributed by atoms with Gasteiger partial charge in [-0.05, 0) is 11.5 Å². The van der Waals surface area contributed by atoms with Gasteiger partial charge in [-0.1, -0.05) is 36.4 Å².